The number of halogens is 1. The Balaban J connectivity index is 2.60. The first kappa shape index (κ1) is 14.0. The average molecular weight is 260 g/mol. The van der Waals surface area contributed by atoms with Crippen LogP contribution < -0.4 is 5.32 Å². The molecule has 0 aromatic carbocycles. The third-order valence-electron chi connectivity index (χ3n) is 2.63. The minimum atomic E-state index is 0.440. The first-order chi connectivity index (χ1) is 7.65. The first-order valence-electron chi connectivity index (χ1n) is 6.11. The van der Waals surface area contributed by atoms with Crippen molar-refractivity contribution in [2.45, 2.75) is 46.1 Å². The maximum Gasteiger partial charge on any atom is 0.0561 e. The van der Waals surface area contributed by atoms with Crippen LogP contribution in [0.3, 0.4) is 0 Å². The smallest absolute Gasteiger partial charge is 0.0561 e. The van der Waals surface area contributed by atoms with Crippen LogP contribution in [-0.2, 0) is 0 Å². The Morgan fingerprint density at radius 1 is 1.38 bits per heavy atom. The average Bonchev–Trinajstić information content (AvgIpc) is 2.65. The molecule has 0 saturated heterocycles. The molecule has 1 N–H and O–H groups in total. The van der Waals surface area contributed by atoms with Crippen LogP contribution in [0.4, 0.5) is 0 Å². The van der Waals surface area contributed by atoms with Crippen LogP contribution in [0.15, 0.2) is 11.4 Å². The molecule has 0 aliphatic heterocycles. The summed E-state index contributed by atoms with van der Waals surface area (Å²) in [6.45, 7) is 7.80. The second kappa shape index (κ2) is 7.31. The SMILES string of the molecule is CCCNC(CCC(C)C)c1sccc1Cl. The van der Waals surface area contributed by atoms with Crippen LogP contribution in [0, 0.1) is 5.92 Å². The van der Waals surface area contributed by atoms with E-state index in [1.54, 1.807) is 11.3 Å². The fourth-order valence-electron chi connectivity index (χ4n) is 1.70. The van der Waals surface area contributed by atoms with Crippen LogP contribution in [0.25, 0.3) is 0 Å². The van der Waals surface area contributed by atoms with Crippen molar-refractivity contribution >= 4 is 22.9 Å². The van der Waals surface area contributed by atoms with Crippen molar-refractivity contribution in [3.05, 3.63) is 21.3 Å². The summed E-state index contributed by atoms with van der Waals surface area (Å²) in [6.07, 6.45) is 3.59. The zero-order chi connectivity index (χ0) is 12.0. The monoisotopic (exact) mass is 259 g/mol. The minimum absolute atomic E-state index is 0.440. The van der Waals surface area contributed by atoms with E-state index in [0.29, 0.717) is 6.04 Å². The molecule has 1 aromatic rings. The maximum absolute atomic E-state index is 6.20. The summed E-state index contributed by atoms with van der Waals surface area (Å²) in [7, 11) is 0. The Labute approximate surface area is 108 Å². The molecule has 1 unspecified atom stereocenters. The maximum atomic E-state index is 6.20. The van der Waals surface area contributed by atoms with Gasteiger partial charge in [-0.3, -0.25) is 0 Å². The van der Waals surface area contributed by atoms with Crippen LogP contribution in [0.5, 0.6) is 0 Å². The van der Waals surface area contributed by atoms with Gasteiger partial charge in [0.15, 0.2) is 0 Å². The lowest BCUT2D eigenvalue weighted by Crippen LogP contribution is -2.22. The predicted octanol–water partition coefficient (Wildman–Crippen LogP) is 4.88. The highest BCUT2D eigenvalue weighted by Crippen LogP contribution is 2.32. The number of thiophene rings is 1. The molecule has 1 atom stereocenters. The third-order valence-corrected chi connectivity index (χ3v) is 4.11. The van der Waals surface area contributed by atoms with Crippen LogP contribution in [0.1, 0.15) is 51.0 Å². The molecule has 0 aliphatic carbocycles. The van der Waals surface area contributed by atoms with Gasteiger partial charge in [-0.05, 0) is 43.2 Å². The van der Waals surface area contributed by atoms with Gasteiger partial charge in [0.25, 0.3) is 0 Å². The van der Waals surface area contributed by atoms with E-state index in [-0.39, 0.29) is 0 Å². The van der Waals surface area contributed by atoms with Crippen LogP contribution in [-0.4, -0.2) is 6.54 Å². The molecule has 0 fully saturated rings. The molecular formula is C13H22ClNS. The third kappa shape index (κ3) is 4.44. The van der Waals surface area contributed by atoms with E-state index in [1.807, 2.05) is 6.07 Å². The van der Waals surface area contributed by atoms with Gasteiger partial charge in [-0.25, -0.2) is 0 Å². The van der Waals surface area contributed by atoms with E-state index in [2.05, 4.69) is 31.5 Å². The Kier molecular flexibility index (Phi) is 6.40. The summed E-state index contributed by atoms with van der Waals surface area (Å²) in [6, 6.07) is 2.44. The summed E-state index contributed by atoms with van der Waals surface area (Å²) in [4.78, 5) is 1.30. The minimum Gasteiger partial charge on any atom is -0.309 e. The molecule has 0 spiro atoms. The zero-order valence-electron chi connectivity index (χ0n) is 10.4. The summed E-state index contributed by atoms with van der Waals surface area (Å²) in [5.41, 5.74) is 0. The largest absolute Gasteiger partial charge is 0.309 e. The van der Waals surface area contributed by atoms with E-state index in [9.17, 15) is 0 Å². The Bertz CT molecular complexity index is 296. The fourth-order valence-corrected chi connectivity index (χ4v) is 3.00. The van der Waals surface area contributed by atoms with Crippen molar-refractivity contribution in [1.82, 2.24) is 5.32 Å². The molecule has 1 aromatic heterocycles. The number of hydrogen-bond donors (Lipinski definition) is 1. The lowest BCUT2D eigenvalue weighted by atomic mass is 10.0. The van der Waals surface area contributed by atoms with Gasteiger partial charge < -0.3 is 5.32 Å². The van der Waals surface area contributed by atoms with Gasteiger partial charge in [-0.1, -0.05) is 32.4 Å². The molecule has 0 bridgehead atoms. The molecule has 0 radical (unpaired) electrons. The Morgan fingerprint density at radius 3 is 2.62 bits per heavy atom. The molecule has 0 amide bonds. The van der Waals surface area contributed by atoms with Gasteiger partial charge in [0.2, 0.25) is 0 Å². The topological polar surface area (TPSA) is 12.0 Å². The summed E-state index contributed by atoms with van der Waals surface area (Å²) >= 11 is 7.96. The normalized spacial score (nSPS) is 13.3. The van der Waals surface area contributed by atoms with Gasteiger partial charge in [-0.15, -0.1) is 11.3 Å². The summed E-state index contributed by atoms with van der Waals surface area (Å²) in [5, 5.41) is 6.59. The Morgan fingerprint density at radius 2 is 2.12 bits per heavy atom. The van der Waals surface area contributed by atoms with Gasteiger partial charge in [0.1, 0.15) is 0 Å². The number of nitrogens with one attached hydrogen (secondary N) is 1. The standard InChI is InChI=1S/C13H22ClNS/c1-4-8-15-12(6-5-10(2)3)13-11(14)7-9-16-13/h7,9-10,12,15H,4-6,8H2,1-3H3. The Hall–Kier alpha value is -0.0500. The molecule has 3 heteroatoms. The van der Waals surface area contributed by atoms with Crippen LogP contribution >= 0.6 is 22.9 Å². The summed E-state index contributed by atoms with van der Waals surface area (Å²) in [5.74, 6) is 0.754. The van der Waals surface area contributed by atoms with Crippen molar-refractivity contribution in [3.8, 4) is 0 Å². The van der Waals surface area contributed by atoms with Crippen molar-refractivity contribution in [1.29, 1.82) is 0 Å². The zero-order valence-corrected chi connectivity index (χ0v) is 12.0. The van der Waals surface area contributed by atoms with Crippen molar-refractivity contribution in [3.63, 3.8) is 0 Å². The second-order valence-electron chi connectivity index (χ2n) is 4.61. The van der Waals surface area contributed by atoms with Crippen molar-refractivity contribution < 1.29 is 0 Å². The molecule has 16 heavy (non-hydrogen) atoms. The molecule has 0 saturated carbocycles. The fraction of sp³-hybridized carbons (Fsp3) is 0.692. The predicted molar refractivity (Wildman–Crippen MR) is 74.4 cm³/mol. The lowest BCUT2D eigenvalue weighted by Gasteiger charge is -2.18. The van der Waals surface area contributed by atoms with Crippen molar-refractivity contribution in [2.24, 2.45) is 5.92 Å². The molecular weight excluding hydrogens is 238 g/mol. The van der Waals surface area contributed by atoms with Crippen LogP contribution in [0.2, 0.25) is 5.02 Å². The van der Waals surface area contributed by atoms with E-state index in [0.717, 1.165) is 17.5 Å². The molecule has 0 aliphatic rings. The van der Waals surface area contributed by atoms with Gasteiger partial charge >= 0.3 is 0 Å². The van der Waals surface area contributed by atoms with Crippen molar-refractivity contribution in [2.75, 3.05) is 6.54 Å². The first-order valence-corrected chi connectivity index (χ1v) is 7.37. The quantitative estimate of drug-likeness (QED) is 0.736. The van der Waals surface area contributed by atoms with Gasteiger partial charge in [0, 0.05) is 10.9 Å². The molecule has 1 rings (SSSR count). The highest BCUT2D eigenvalue weighted by Gasteiger charge is 2.15. The van der Waals surface area contributed by atoms with E-state index < -0.39 is 0 Å². The number of rotatable bonds is 7. The van der Waals surface area contributed by atoms with E-state index in [4.69, 9.17) is 11.6 Å². The van der Waals surface area contributed by atoms with Gasteiger partial charge in [0.05, 0.1) is 5.02 Å². The highest BCUT2D eigenvalue weighted by molar-refractivity contribution is 7.10. The lowest BCUT2D eigenvalue weighted by molar-refractivity contribution is 0.445. The second-order valence-corrected chi connectivity index (χ2v) is 5.97. The molecule has 1 nitrogen and oxygen atoms in total. The number of hydrogen-bond acceptors (Lipinski definition) is 2. The van der Waals surface area contributed by atoms with E-state index >= 15 is 0 Å². The highest BCUT2D eigenvalue weighted by atomic mass is 35.5. The molecule has 92 valence electrons. The van der Waals surface area contributed by atoms with Gasteiger partial charge in [-0.2, -0.15) is 0 Å². The molecule has 1 heterocycles. The summed E-state index contributed by atoms with van der Waals surface area (Å²) < 4.78 is 0. The van der Waals surface area contributed by atoms with E-state index in [1.165, 1.54) is 24.1 Å².